The molecule has 22 heavy (non-hydrogen) atoms. The summed E-state index contributed by atoms with van der Waals surface area (Å²) in [6, 6.07) is 0. The molecule has 0 heterocycles. The van der Waals surface area contributed by atoms with Crippen LogP contribution in [-0.4, -0.2) is 24.4 Å². The van der Waals surface area contributed by atoms with Crippen molar-refractivity contribution in [3.63, 3.8) is 0 Å². The highest BCUT2D eigenvalue weighted by Crippen LogP contribution is 2.42. The molecule has 130 valence electrons. The molecule has 2 nitrogen and oxygen atoms in total. The number of hydrogen-bond donors (Lipinski definition) is 0. The molecule has 0 aromatic heterocycles. The lowest BCUT2D eigenvalue weighted by molar-refractivity contribution is -0.315. The molecule has 0 aliphatic carbocycles. The summed E-state index contributed by atoms with van der Waals surface area (Å²) < 4.78 is 78.7. The molecule has 0 aliphatic heterocycles. The molecule has 1 atom stereocenters. The van der Waals surface area contributed by atoms with Crippen LogP contribution < -0.4 is 0 Å². The van der Waals surface area contributed by atoms with Crippen LogP contribution >= 0.6 is 0 Å². The maximum atomic E-state index is 12.5. The van der Waals surface area contributed by atoms with Crippen LogP contribution in [0.1, 0.15) is 41.0 Å². The van der Waals surface area contributed by atoms with Gasteiger partial charge >= 0.3 is 18.3 Å². The lowest BCUT2D eigenvalue weighted by Gasteiger charge is -2.35. The van der Waals surface area contributed by atoms with E-state index in [2.05, 4.69) is 11.3 Å². The molecular weight excluding hydrogens is 314 g/mol. The minimum absolute atomic E-state index is 0.00337. The first-order chi connectivity index (χ1) is 9.41. The van der Waals surface area contributed by atoms with E-state index in [4.69, 9.17) is 0 Å². The van der Waals surface area contributed by atoms with Gasteiger partial charge in [-0.05, 0) is 25.7 Å². The van der Waals surface area contributed by atoms with Gasteiger partial charge in [0.15, 0.2) is 0 Å². The minimum Gasteiger partial charge on any atom is -0.442 e. The highest BCUT2D eigenvalue weighted by atomic mass is 19.4. The maximum Gasteiger partial charge on any atom is 0.434 e. The average molecular weight is 334 g/mol. The third-order valence-electron chi connectivity index (χ3n) is 3.10. The molecule has 8 heteroatoms. The third kappa shape index (κ3) is 5.53. The molecule has 0 rings (SSSR count). The van der Waals surface area contributed by atoms with Crippen LogP contribution in [0.25, 0.3) is 0 Å². The number of ether oxygens (including phenoxy) is 1. The Kier molecular flexibility index (Phi) is 5.78. The number of halogens is 6. The number of carbonyl (C=O) groups is 1. The van der Waals surface area contributed by atoms with Crippen LogP contribution in [0.2, 0.25) is 0 Å². The molecule has 0 spiro atoms. The van der Waals surface area contributed by atoms with Crippen molar-refractivity contribution in [2.24, 2.45) is 10.8 Å². The first-order valence-corrected chi connectivity index (χ1v) is 6.42. The van der Waals surface area contributed by atoms with Gasteiger partial charge in [0.25, 0.3) is 6.10 Å². The van der Waals surface area contributed by atoms with E-state index in [1.54, 1.807) is 20.8 Å². The fourth-order valence-corrected chi connectivity index (χ4v) is 2.01. The molecular formula is C14H20F6O2. The number of rotatable bonds is 4. The summed E-state index contributed by atoms with van der Waals surface area (Å²) in [7, 11) is 0. The van der Waals surface area contributed by atoms with Crippen LogP contribution in [0, 0.1) is 10.8 Å². The van der Waals surface area contributed by atoms with Crippen LogP contribution in [0.5, 0.6) is 0 Å². The number of esters is 1. The van der Waals surface area contributed by atoms with Gasteiger partial charge in [0.2, 0.25) is 0 Å². The second kappa shape index (κ2) is 6.12. The van der Waals surface area contributed by atoms with Crippen LogP contribution in [0.4, 0.5) is 26.3 Å². The Bertz CT molecular complexity index is 416. The third-order valence-corrected chi connectivity index (χ3v) is 3.10. The van der Waals surface area contributed by atoms with Crippen molar-refractivity contribution < 1.29 is 35.9 Å². The second-order valence-electron chi connectivity index (χ2n) is 6.72. The second-order valence-corrected chi connectivity index (χ2v) is 6.72. The molecule has 0 fully saturated rings. The molecule has 0 N–H and O–H groups in total. The Hall–Kier alpha value is -1.21. The molecule has 0 aromatic carbocycles. The fraction of sp³-hybridized carbons (Fsp3) is 0.786. The smallest absolute Gasteiger partial charge is 0.434 e. The zero-order chi connectivity index (χ0) is 18.1. The summed E-state index contributed by atoms with van der Waals surface area (Å²) in [5, 5.41) is 0. The highest BCUT2D eigenvalue weighted by Gasteiger charge is 2.61. The van der Waals surface area contributed by atoms with Gasteiger partial charge in [0, 0.05) is 0 Å². The minimum atomic E-state index is -5.73. The van der Waals surface area contributed by atoms with Crippen molar-refractivity contribution >= 4 is 5.97 Å². The van der Waals surface area contributed by atoms with Crippen LogP contribution in [-0.2, 0) is 9.53 Å². The predicted octanol–water partition coefficient (Wildman–Crippen LogP) is 5.04. The van der Waals surface area contributed by atoms with Crippen molar-refractivity contribution in [2.75, 3.05) is 0 Å². The summed E-state index contributed by atoms with van der Waals surface area (Å²) in [4.78, 5) is 12.0. The first kappa shape index (κ1) is 20.8. The van der Waals surface area contributed by atoms with Gasteiger partial charge in [-0.25, -0.2) is 0 Å². The quantitative estimate of drug-likeness (QED) is 0.409. The normalized spacial score (nSPS) is 16.4. The van der Waals surface area contributed by atoms with E-state index in [0.29, 0.717) is 0 Å². The molecule has 1 unspecified atom stereocenters. The van der Waals surface area contributed by atoms with E-state index < -0.39 is 35.3 Å². The van der Waals surface area contributed by atoms with Gasteiger partial charge in [-0.1, -0.05) is 32.9 Å². The van der Waals surface area contributed by atoms with E-state index in [9.17, 15) is 31.1 Å². The van der Waals surface area contributed by atoms with Crippen molar-refractivity contribution in [2.45, 2.75) is 59.5 Å². The maximum absolute atomic E-state index is 12.5. The van der Waals surface area contributed by atoms with Gasteiger partial charge in [-0.15, -0.1) is 0 Å². The van der Waals surface area contributed by atoms with E-state index >= 15 is 0 Å². The molecule has 0 saturated carbocycles. The fourth-order valence-electron chi connectivity index (χ4n) is 2.01. The zero-order valence-corrected chi connectivity index (χ0v) is 13.1. The van der Waals surface area contributed by atoms with Crippen molar-refractivity contribution in [1.29, 1.82) is 0 Å². The van der Waals surface area contributed by atoms with E-state index in [-0.39, 0.29) is 12.0 Å². The SMILES string of the molecule is C=C(C)C(C)(CC(C)(C)C)C(=O)OC(C(F)(F)F)C(F)(F)F. The van der Waals surface area contributed by atoms with E-state index in [0.717, 1.165) is 0 Å². The zero-order valence-electron chi connectivity index (χ0n) is 13.1. The predicted molar refractivity (Wildman–Crippen MR) is 69.0 cm³/mol. The number of carbonyl (C=O) groups excluding carboxylic acids is 1. The summed E-state index contributed by atoms with van der Waals surface area (Å²) in [6.07, 6.45) is -15.6. The first-order valence-electron chi connectivity index (χ1n) is 6.42. The van der Waals surface area contributed by atoms with Crippen molar-refractivity contribution in [3.05, 3.63) is 12.2 Å². The van der Waals surface area contributed by atoms with Gasteiger partial charge in [-0.3, -0.25) is 4.79 Å². The number of hydrogen-bond acceptors (Lipinski definition) is 2. The van der Waals surface area contributed by atoms with Gasteiger partial charge in [0.05, 0.1) is 5.41 Å². The number of alkyl halides is 6. The van der Waals surface area contributed by atoms with E-state index in [1.807, 2.05) is 0 Å². The van der Waals surface area contributed by atoms with Crippen molar-refractivity contribution in [1.82, 2.24) is 0 Å². The molecule has 0 saturated heterocycles. The van der Waals surface area contributed by atoms with Gasteiger partial charge < -0.3 is 4.74 Å². The van der Waals surface area contributed by atoms with Gasteiger partial charge in [0.1, 0.15) is 0 Å². The van der Waals surface area contributed by atoms with Crippen molar-refractivity contribution in [3.8, 4) is 0 Å². The Morgan fingerprint density at radius 2 is 1.36 bits per heavy atom. The topological polar surface area (TPSA) is 26.3 Å². The lowest BCUT2D eigenvalue weighted by Crippen LogP contribution is -2.48. The summed E-state index contributed by atoms with van der Waals surface area (Å²) >= 11 is 0. The largest absolute Gasteiger partial charge is 0.442 e. The summed E-state index contributed by atoms with van der Waals surface area (Å²) in [5.74, 6) is -1.59. The molecule has 0 radical (unpaired) electrons. The molecule has 0 bridgehead atoms. The van der Waals surface area contributed by atoms with Gasteiger partial charge in [-0.2, -0.15) is 26.3 Å². The van der Waals surface area contributed by atoms with E-state index in [1.165, 1.54) is 13.8 Å². The Labute approximate surface area is 125 Å². The Morgan fingerprint density at radius 1 is 1.00 bits per heavy atom. The van der Waals surface area contributed by atoms with Crippen LogP contribution in [0.3, 0.4) is 0 Å². The average Bonchev–Trinajstić information content (AvgIpc) is 2.19. The highest BCUT2D eigenvalue weighted by molar-refractivity contribution is 5.80. The summed E-state index contributed by atoms with van der Waals surface area (Å²) in [5.41, 5.74) is -2.04. The Morgan fingerprint density at radius 3 is 1.59 bits per heavy atom. The van der Waals surface area contributed by atoms with Crippen LogP contribution in [0.15, 0.2) is 12.2 Å². The summed E-state index contributed by atoms with van der Waals surface area (Å²) in [6.45, 7) is 11.2. The lowest BCUT2D eigenvalue weighted by atomic mass is 9.71. The molecule has 0 aromatic rings. The molecule has 0 amide bonds. The Balaban J connectivity index is 5.56. The molecule has 0 aliphatic rings. The standard InChI is InChI=1S/C14H20F6O2/c1-8(2)12(6,7-11(3,4)5)10(21)22-9(13(15,16)17)14(18,19)20/h9H,1,7H2,2-6H3. The monoisotopic (exact) mass is 334 g/mol.